The molecule has 2 aromatic heterocycles. The van der Waals surface area contributed by atoms with Gasteiger partial charge in [-0.25, -0.2) is 9.07 Å². The number of nitrogens with zero attached hydrogens (tertiary/aromatic N) is 5. The first-order valence-corrected chi connectivity index (χ1v) is 11.3. The van der Waals surface area contributed by atoms with E-state index in [-0.39, 0.29) is 12.0 Å². The number of fused-ring (bicyclic) bond motifs is 3. The van der Waals surface area contributed by atoms with Gasteiger partial charge in [0.15, 0.2) is 5.82 Å². The average molecular weight is 439 g/mol. The minimum atomic E-state index is -0.894. The van der Waals surface area contributed by atoms with E-state index in [0.717, 1.165) is 60.4 Å². The van der Waals surface area contributed by atoms with Crippen molar-refractivity contribution >= 4 is 16.7 Å². The number of rotatable bonds is 4. The Kier molecular flexibility index (Phi) is 4.76. The molecular formula is C23H27FN6O2. The van der Waals surface area contributed by atoms with E-state index in [4.69, 9.17) is 9.47 Å². The van der Waals surface area contributed by atoms with E-state index >= 15 is 0 Å². The number of nitrogens with one attached hydrogen (secondary N) is 1. The van der Waals surface area contributed by atoms with Crippen LogP contribution in [0, 0.1) is 6.92 Å². The van der Waals surface area contributed by atoms with E-state index in [1.165, 1.54) is 0 Å². The molecule has 5 heterocycles. The molecule has 2 bridgehead atoms. The standard InChI is InChI=1S/C23H27FN6O2/c1-13-5-14-9-26-30(20(14)7-18(13)17-3-4-25-10-19(17)24)22-8-21(27-23(28-22)31-2)29-11-16-6-15(29)12-32-16/h5,7-9,15-17,19,25H,3-4,6,10-12H2,1-2H3/t15-,16-,17-,19-/m1/s1. The first-order chi connectivity index (χ1) is 15.6. The molecule has 9 heteroatoms. The summed E-state index contributed by atoms with van der Waals surface area (Å²) in [6.45, 7) is 4.82. The third-order valence-corrected chi connectivity index (χ3v) is 7.04. The number of benzene rings is 1. The molecule has 3 saturated heterocycles. The summed E-state index contributed by atoms with van der Waals surface area (Å²) in [5, 5.41) is 8.77. The molecule has 0 radical (unpaired) electrons. The van der Waals surface area contributed by atoms with Crippen LogP contribution in [-0.2, 0) is 4.74 Å². The Morgan fingerprint density at radius 3 is 2.84 bits per heavy atom. The van der Waals surface area contributed by atoms with Crippen molar-refractivity contribution in [2.24, 2.45) is 0 Å². The lowest BCUT2D eigenvalue weighted by Crippen LogP contribution is -2.37. The number of aryl methyl sites for hydroxylation is 1. The number of morpholine rings is 1. The first kappa shape index (κ1) is 19.9. The third-order valence-electron chi connectivity index (χ3n) is 7.04. The fourth-order valence-corrected chi connectivity index (χ4v) is 5.39. The van der Waals surface area contributed by atoms with E-state index in [9.17, 15) is 4.39 Å². The monoisotopic (exact) mass is 438 g/mol. The Hall–Kier alpha value is -2.78. The molecule has 1 aromatic carbocycles. The summed E-state index contributed by atoms with van der Waals surface area (Å²) >= 11 is 0. The lowest BCUT2D eigenvalue weighted by molar-refractivity contribution is 0.0988. The molecule has 32 heavy (non-hydrogen) atoms. The van der Waals surface area contributed by atoms with Crippen molar-refractivity contribution in [1.29, 1.82) is 0 Å². The molecule has 3 aromatic rings. The van der Waals surface area contributed by atoms with Crippen LogP contribution in [0.2, 0.25) is 0 Å². The number of hydrogen-bond donors (Lipinski definition) is 1. The van der Waals surface area contributed by atoms with Gasteiger partial charge in [0.25, 0.3) is 0 Å². The lowest BCUT2D eigenvalue weighted by atomic mass is 9.85. The highest BCUT2D eigenvalue weighted by molar-refractivity contribution is 5.82. The number of methoxy groups -OCH3 is 1. The number of halogens is 1. The van der Waals surface area contributed by atoms with Gasteiger partial charge in [0.1, 0.15) is 12.0 Å². The number of piperidine rings is 1. The fourth-order valence-electron chi connectivity index (χ4n) is 5.39. The molecule has 4 atom stereocenters. The Morgan fingerprint density at radius 2 is 2.09 bits per heavy atom. The zero-order valence-corrected chi connectivity index (χ0v) is 18.3. The van der Waals surface area contributed by atoms with Crippen LogP contribution in [0.25, 0.3) is 16.7 Å². The lowest BCUT2D eigenvalue weighted by Gasteiger charge is -2.28. The number of hydrogen-bond acceptors (Lipinski definition) is 7. The van der Waals surface area contributed by atoms with Gasteiger partial charge in [-0.15, -0.1) is 0 Å². The summed E-state index contributed by atoms with van der Waals surface area (Å²) in [6, 6.07) is 6.77. The molecule has 168 valence electrons. The van der Waals surface area contributed by atoms with Gasteiger partial charge < -0.3 is 19.7 Å². The largest absolute Gasteiger partial charge is 0.467 e. The van der Waals surface area contributed by atoms with Crippen LogP contribution in [0.4, 0.5) is 10.2 Å². The molecule has 1 N–H and O–H groups in total. The Morgan fingerprint density at radius 1 is 1.22 bits per heavy atom. The van der Waals surface area contributed by atoms with Crippen LogP contribution in [0.5, 0.6) is 6.01 Å². The van der Waals surface area contributed by atoms with Gasteiger partial charge in [-0.3, -0.25) is 0 Å². The number of anilines is 1. The molecule has 3 aliphatic rings. The Labute approximate surface area is 185 Å². The van der Waals surface area contributed by atoms with Crippen LogP contribution in [0.3, 0.4) is 0 Å². The summed E-state index contributed by atoms with van der Waals surface area (Å²) in [6.07, 6.45) is 3.01. The van der Waals surface area contributed by atoms with Crippen molar-refractivity contribution < 1.29 is 13.9 Å². The van der Waals surface area contributed by atoms with Gasteiger partial charge in [0.05, 0.1) is 37.6 Å². The Bertz CT molecular complexity index is 1170. The third kappa shape index (κ3) is 3.22. The summed E-state index contributed by atoms with van der Waals surface area (Å²) in [5.41, 5.74) is 3.05. The van der Waals surface area contributed by atoms with E-state index in [1.807, 2.05) is 16.9 Å². The normalized spacial score (nSPS) is 27.4. The summed E-state index contributed by atoms with van der Waals surface area (Å²) < 4.78 is 27.7. The van der Waals surface area contributed by atoms with Crippen LogP contribution in [0.1, 0.15) is 29.9 Å². The highest BCUT2D eigenvalue weighted by Gasteiger charge is 2.40. The van der Waals surface area contributed by atoms with Gasteiger partial charge in [-0.05, 0) is 49.6 Å². The predicted molar refractivity (Wildman–Crippen MR) is 119 cm³/mol. The molecule has 0 aliphatic carbocycles. The fraction of sp³-hybridized carbons (Fsp3) is 0.522. The molecule has 0 saturated carbocycles. The molecule has 8 nitrogen and oxygen atoms in total. The zero-order chi connectivity index (χ0) is 21.8. The molecule has 0 spiro atoms. The first-order valence-electron chi connectivity index (χ1n) is 11.3. The van der Waals surface area contributed by atoms with Crippen molar-refractivity contribution in [1.82, 2.24) is 25.1 Å². The topological polar surface area (TPSA) is 77.3 Å². The van der Waals surface area contributed by atoms with Gasteiger partial charge >= 0.3 is 6.01 Å². The summed E-state index contributed by atoms with van der Waals surface area (Å²) in [7, 11) is 1.57. The van der Waals surface area contributed by atoms with Crippen molar-refractivity contribution in [3.05, 3.63) is 35.5 Å². The van der Waals surface area contributed by atoms with Gasteiger partial charge in [0.2, 0.25) is 0 Å². The molecule has 0 amide bonds. The van der Waals surface area contributed by atoms with Gasteiger partial charge in [-0.1, -0.05) is 0 Å². The quantitative estimate of drug-likeness (QED) is 0.671. The number of aromatic nitrogens is 4. The van der Waals surface area contributed by atoms with Crippen LogP contribution in [0.15, 0.2) is 24.4 Å². The van der Waals surface area contributed by atoms with Crippen molar-refractivity contribution in [3.63, 3.8) is 0 Å². The summed E-state index contributed by atoms with van der Waals surface area (Å²) in [5.74, 6) is 1.35. The van der Waals surface area contributed by atoms with Crippen molar-refractivity contribution in [3.8, 4) is 11.8 Å². The summed E-state index contributed by atoms with van der Waals surface area (Å²) in [4.78, 5) is 11.4. The number of alkyl halides is 1. The minimum Gasteiger partial charge on any atom is -0.467 e. The maximum Gasteiger partial charge on any atom is 0.320 e. The predicted octanol–water partition coefficient (Wildman–Crippen LogP) is 2.53. The number of ether oxygens (including phenoxy) is 2. The van der Waals surface area contributed by atoms with E-state index in [1.54, 1.807) is 7.11 Å². The maximum absolute atomic E-state index is 14.7. The molecular weight excluding hydrogens is 411 g/mol. The van der Waals surface area contributed by atoms with Crippen molar-refractivity contribution in [2.45, 2.75) is 44.0 Å². The van der Waals surface area contributed by atoms with Crippen LogP contribution < -0.4 is 15.0 Å². The molecule has 6 rings (SSSR count). The average Bonchev–Trinajstić information content (AvgIpc) is 3.54. The minimum absolute atomic E-state index is 0.111. The second-order valence-electron chi connectivity index (χ2n) is 9.01. The highest BCUT2D eigenvalue weighted by atomic mass is 19.1. The molecule has 3 fully saturated rings. The van der Waals surface area contributed by atoms with Gasteiger partial charge in [-0.2, -0.15) is 15.1 Å². The highest BCUT2D eigenvalue weighted by Crippen LogP contribution is 2.35. The van der Waals surface area contributed by atoms with Crippen LogP contribution >= 0.6 is 0 Å². The van der Waals surface area contributed by atoms with E-state index < -0.39 is 6.17 Å². The SMILES string of the molecule is COc1nc(N2C[C@H]3C[C@@H]2CO3)cc(-n2ncc3cc(C)c([C@H]4CCNC[C@H]4F)cc32)n1. The maximum atomic E-state index is 14.7. The van der Waals surface area contributed by atoms with Crippen molar-refractivity contribution in [2.75, 3.05) is 38.3 Å². The Balaban J connectivity index is 1.44. The van der Waals surface area contributed by atoms with Gasteiger partial charge in [0, 0.05) is 30.5 Å². The van der Waals surface area contributed by atoms with E-state index in [2.05, 4.69) is 44.3 Å². The second kappa shape index (κ2) is 7.67. The van der Waals surface area contributed by atoms with Crippen LogP contribution in [-0.4, -0.2) is 71.4 Å². The zero-order valence-electron chi connectivity index (χ0n) is 18.3. The smallest absolute Gasteiger partial charge is 0.320 e. The second-order valence-corrected chi connectivity index (χ2v) is 9.01. The molecule has 3 aliphatic heterocycles. The molecule has 0 unspecified atom stereocenters. The van der Waals surface area contributed by atoms with E-state index in [0.29, 0.717) is 24.4 Å².